The van der Waals surface area contributed by atoms with Crippen LogP contribution in [0.25, 0.3) is 0 Å². The van der Waals surface area contributed by atoms with Gasteiger partial charge in [0.25, 0.3) is 5.91 Å². The molecule has 0 saturated carbocycles. The van der Waals surface area contributed by atoms with Crippen LogP contribution in [0.2, 0.25) is 0 Å². The van der Waals surface area contributed by atoms with Gasteiger partial charge in [-0.25, -0.2) is 8.78 Å². The zero-order chi connectivity index (χ0) is 29.2. The summed E-state index contributed by atoms with van der Waals surface area (Å²) in [4.78, 5) is 15.7. The molecule has 2 aliphatic heterocycles. The molecule has 1 N–H and O–H groups in total. The van der Waals surface area contributed by atoms with Crippen LogP contribution < -0.4 is 15.1 Å². The van der Waals surface area contributed by atoms with Crippen molar-refractivity contribution in [1.82, 2.24) is 20.1 Å². The van der Waals surface area contributed by atoms with E-state index in [1.54, 1.807) is 0 Å². The van der Waals surface area contributed by atoms with Crippen molar-refractivity contribution < 1.29 is 35.5 Å². The Morgan fingerprint density at radius 2 is 1.80 bits per heavy atom. The van der Waals surface area contributed by atoms with Crippen LogP contribution in [0.15, 0.2) is 42.7 Å². The summed E-state index contributed by atoms with van der Waals surface area (Å²) in [7, 11) is 2.68. The van der Waals surface area contributed by atoms with Crippen molar-refractivity contribution in [3.05, 3.63) is 70.8 Å². The Bertz CT molecular complexity index is 1450. The van der Waals surface area contributed by atoms with Crippen LogP contribution in [0.4, 0.5) is 42.1 Å². The number of aryl methyl sites for hydroxylation is 1. The van der Waals surface area contributed by atoms with E-state index in [0.29, 0.717) is 6.92 Å². The molecule has 1 saturated heterocycles. The van der Waals surface area contributed by atoms with Crippen molar-refractivity contribution >= 4 is 17.3 Å². The molecular formula is C26H25F7N6O. The van der Waals surface area contributed by atoms with E-state index in [2.05, 4.69) is 15.5 Å². The molecule has 1 fully saturated rings. The zero-order valence-electron chi connectivity index (χ0n) is 21.6. The number of amides is 1. The van der Waals surface area contributed by atoms with Crippen LogP contribution in [0.3, 0.4) is 0 Å². The first-order valence-corrected chi connectivity index (χ1v) is 12.3. The smallest absolute Gasteiger partial charge is 0.367 e. The Morgan fingerprint density at radius 3 is 2.40 bits per heavy atom. The van der Waals surface area contributed by atoms with E-state index in [0.717, 1.165) is 34.0 Å². The van der Waals surface area contributed by atoms with Crippen LogP contribution in [0.5, 0.6) is 0 Å². The van der Waals surface area contributed by atoms with Crippen LogP contribution >= 0.6 is 0 Å². The number of rotatable bonds is 6. The van der Waals surface area contributed by atoms with Gasteiger partial charge in [0.2, 0.25) is 11.5 Å². The van der Waals surface area contributed by atoms with Gasteiger partial charge in [0.05, 0.1) is 18.2 Å². The van der Waals surface area contributed by atoms with Gasteiger partial charge in [-0.15, -0.1) is 10.2 Å². The fraction of sp³-hybridized carbons (Fsp3) is 0.423. The standard InChI is InChI=1S/C26H25F7N6O/c1-24(28,25(29,30)23-36-35-13-37(23)2)14-5-4-6-15(7-14)39-12-18-17(22(39)40)8-16(9-19(18)26(31,32)33)38(3)21-11-34-10-20(21)27/h4-9,13,20-21,34H,10-12H2,1-3H3/t20-,21+,24+/m0/s1. The van der Waals surface area contributed by atoms with E-state index in [1.807, 2.05) is 0 Å². The minimum atomic E-state index is -4.84. The molecule has 3 atom stereocenters. The monoisotopic (exact) mass is 570 g/mol. The lowest BCUT2D eigenvalue weighted by atomic mass is 9.90. The molecule has 0 bridgehead atoms. The number of likely N-dealkylation sites (N-methyl/N-ethyl adjacent to an activating group) is 1. The van der Waals surface area contributed by atoms with E-state index < -0.39 is 59.4 Å². The average molecular weight is 571 g/mol. The molecule has 1 aromatic heterocycles. The topological polar surface area (TPSA) is 66.3 Å². The first kappa shape index (κ1) is 27.9. The summed E-state index contributed by atoms with van der Waals surface area (Å²) < 4.78 is 104. The lowest BCUT2D eigenvalue weighted by molar-refractivity contribution is -0.149. The summed E-state index contributed by atoms with van der Waals surface area (Å²) in [5, 5.41) is 9.55. The van der Waals surface area contributed by atoms with E-state index >= 15 is 13.2 Å². The molecule has 40 heavy (non-hydrogen) atoms. The number of carbonyl (C=O) groups is 1. The molecule has 0 aliphatic carbocycles. The van der Waals surface area contributed by atoms with Crippen molar-refractivity contribution in [2.75, 3.05) is 29.9 Å². The fourth-order valence-electron chi connectivity index (χ4n) is 5.19. The summed E-state index contributed by atoms with van der Waals surface area (Å²) in [6.45, 7) is 0.402. The third-order valence-electron chi connectivity index (χ3n) is 7.63. The first-order chi connectivity index (χ1) is 18.6. The van der Waals surface area contributed by atoms with Gasteiger partial charge in [-0.1, -0.05) is 12.1 Å². The number of anilines is 2. The molecule has 0 radical (unpaired) electrons. The predicted molar refractivity (Wildman–Crippen MR) is 132 cm³/mol. The highest BCUT2D eigenvalue weighted by atomic mass is 19.4. The first-order valence-electron chi connectivity index (χ1n) is 12.3. The SMILES string of the molecule is CN(c1cc2c(c(C(F)(F)F)c1)CN(c1cccc([C@@](C)(F)C(F)(F)c3nncn3C)c1)C2=O)[C@@H]1CNC[C@@H]1F. The van der Waals surface area contributed by atoms with Gasteiger partial charge < -0.3 is 19.7 Å². The van der Waals surface area contributed by atoms with Crippen LogP contribution in [-0.4, -0.2) is 53.0 Å². The summed E-state index contributed by atoms with van der Waals surface area (Å²) in [6.07, 6.45) is -5.16. The second kappa shape index (κ2) is 9.46. The van der Waals surface area contributed by atoms with Gasteiger partial charge in [0.1, 0.15) is 12.5 Å². The lowest BCUT2D eigenvalue weighted by Gasteiger charge is -2.30. The summed E-state index contributed by atoms with van der Waals surface area (Å²) in [5.41, 5.74) is -5.52. The molecule has 214 valence electrons. The number of nitrogens with one attached hydrogen (secondary N) is 1. The zero-order valence-corrected chi connectivity index (χ0v) is 21.6. The van der Waals surface area contributed by atoms with E-state index in [1.165, 1.54) is 37.2 Å². The highest BCUT2D eigenvalue weighted by Gasteiger charge is 2.57. The minimum Gasteiger partial charge on any atom is -0.367 e. The molecule has 0 spiro atoms. The maximum Gasteiger partial charge on any atom is 0.416 e. The summed E-state index contributed by atoms with van der Waals surface area (Å²) in [6, 6.07) is 6.07. The van der Waals surface area contributed by atoms with E-state index in [4.69, 9.17) is 0 Å². The number of carbonyl (C=O) groups excluding carboxylic acids is 1. The highest BCUT2D eigenvalue weighted by Crippen LogP contribution is 2.48. The number of alkyl halides is 7. The van der Waals surface area contributed by atoms with Crippen molar-refractivity contribution in [2.45, 2.75) is 43.4 Å². The van der Waals surface area contributed by atoms with Gasteiger partial charge in [0.15, 0.2) is 0 Å². The van der Waals surface area contributed by atoms with Crippen molar-refractivity contribution in [3.8, 4) is 0 Å². The van der Waals surface area contributed by atoms with Gasteiger partial charge in [0, 0.05) is 44.1 Å². The van der Waals surface area contributed by atoms with E-state index in [9.17, 15) is 22.4 Å². The van der Waals surface area contributed by atoms with Crippen LogP contribution in [0, 0.1) is 0 Å². The molecule has 2 aromatic carbocycles. The lowest BCUT2D eigenvalue weighted by Crippen LogP contribution is -2.39. The molecule has 3 heterocycles. The number of benzene rings is 2. The number of hydrogen-bond acceptors (Lipinski definition) is 5. The molecule has 3 aromatic rings. The third-order valence-corrected chi connectivity index (χ3v) is 7.63. The van der Waals surface area contributed by atoms with Crippen LogP contribution in [-0.2, 0) is 31.4 Å². The third kappa shape index (κ3) is 4.38. The summed E-state index contributed by atoms with van der Waals surface area (Å²) >= 11 is 0. The predicted octanol–water partition coefficient (Wildman–Crippen LogP) is 4.72. The number of hydrogen-bond donors (Lipinski definition) is 1. The Kier molecular flexibility index (Phi) is 6.59. The summed E-state index contributed by atoms with van der Waals surface area (Å²) in [5.74, 6) is -5.89. The highest BCUT2D eigenvalue weighted by molar-refractivity contribution is 6.11. The molecule has 0 unspecified atom stereocenters. The molecule has 14 heteroatoms. The van der Waals surface area contributed by atoms with Crippen LogP contribution in [0.1, 0.15) is 39.8 Å². The number of nitrogens with zero attached hydrogens (tertiary/aromatic N) is 5. The Hall–Kier alpha value is -3.68. The number of halogens is 7. The fourth-order valence-corrected chi connectivity index (χ4v) is 5.19. The Morgan fingerprint density at radius 1 is 1.07 bits per heavy atom. The average Bonchev–Trinajstić information content (AvgIpc) is 3.61. The molecular weight excluding hydrogens is 545 g/mol. The normalized spacial score (nSPS) is 21.1. The Balaban J connectivity index is 1.52. The molecule has 1 amide bonds. The van der Waals surface area contributed by atoms with Gasteiger partial charge in [-0.2, -0.15) is 22.0 Å². The number of aromatic nitrogens is 3. The van der Waals surface area contributed by atoms with Crippen molar-refractivity contribution in [2.24, 2.45) is 7.05 Å². The van der Waals surface area contributed by atoms with Gasteiger partial charge in [-0.05, 0) is 42.3 Å². The quantitative estimate of drug-likeness (QED) is 0.435. The second-order valence-electron chi connectivity index (χ2n) is 10.2. The maximum atomic E-state index is 15.8. The second-order valence-corrected chi connectivity index (χ2v) is 10.2. The van der Waals surface area contributed by atoms with Gasteiger partial charge in [-0.3, -0.25) is 4.79 Å². The Labute approximate surface area is 224 Å². The van der Waals surface area contributed by atoms with Crippen molar-refractivity contribution in [1.29, 1.82) is 0 Å². The molecule has 7 nitrogen and oxygen atoms in total. The van der Waals surface area contributed by atoms with Crippen molar-refractivity contribution in [3.63, 3.8) is 0 Å². The van der Waals surface area contributed by atoms with E-state index in [-0.39, 0.29) is 35.6 Å². The molecule has 2 aliphatic rings. The number of fused-ring (bicyclic) bond motifs is 1. The minimum absolute atomic E-state index is 0.00558. The molecule has 5 rings (SSSR count). The van der Waals surface area contributed by atoms with Gasteiger partial charge >= 0.3 is 12.1 Å². The largest absolute Gasteiger partial charge is 0.416 e. The maximum absolute atomic E-state index is 15.8.